The van der Waals surface area contributed by atoms with E-state index in [0.29, 0.717) is 0 Å². The van der Waals surface area contributed by atoms with Crippen molar-refractivity contribution in [3.8, 4) is 0 Å². The summed E-state index contributed by atoms with van der Waals surface area (Å²) in [6.45, 7) is 3.04. The Kier molecular flexibility index (Phi) is 23.5. The van der Waals surface area contributed by atoms with E-state index in [1.807, 2.05) is 44.4 Å². The van der Waals surface area contributed by atoms with Crippen LogP contribution in [-0.2, 0) is 0 Å². The molecule has 0 spiro atoms. The number of unbranched alkanes of at least 4 members (excludes halogenated alkanes) is 15. The Balaban J connectivity index is 0.00000282. The largest absolute Gasteiger partial charge is 0.338 e. The van der Waals surface area contributed by atoms with Gasteiger partial charge in [-0.3, -0.25) is 0 Å². The molecule has 31 heavy (non-hydrogen) atoms. The van der Waals surface area contributed by atoms with Crippen LogP contribution in [0.25, 0.3) is 0 Å². The van der Waals surface area contributed by atoms with E-state index >= 15 is 0 Å². The summed E-state index contributed by atoms with van der Waals surface area (Å²) >= 11 is 0. The van der Waals surface area contributed by atoms with Crippen LogP contribution in [0.4, 0.5) is 10.5 Å². The van der Waals surface area contributed by atoms with Crippen molar-refractivity contribution < 1.29 is 4.79 Å². The summed E-state index contributed by atoms with van der Waals surface area (Å²) in [5.74, 6) is 0. The number of urea groups is 1. The van der Waals surface area contributed by atoms with E-state index in [9.17, 15) is 4.79 Å². The number of carbonyl (C=O) groups is 1. The maximum absolute atomic E-state index is 11.8. The van der Waals surface area contributed by atoms with Crippen molar-refractivity contribution >= 4 is 11.7 Å². The van der Waals surface area contributed by atoms with Crippen molar-refractivity contribution in [3.63, 3.8) is 0 Å². The number of benzene rings is 1. The van der Waals surface area contributed by atoms with E-state index in [4.69, 9.17) is 0 Å². The second kappa shape index (κ2) is 24.7. The lowest BCUT2D eigenvalue weighted by atomic mass is 10.0. The molecular formula is C27H51N3O. The first-order chi connectivity index (χ1) is 15.2. The molecule has 2 amide bonds. The first-order valence-corrected chi connectivity index (χ1v) is 12.9. The SMILES string of the molecule is CCCCCCCCCCCCCCCCCCNC(=O)Nc1ccccc1.CNC. The average molecular weight is 434 g/mol. The summed E-state index contributed by atoms with van der Waals surface area (Å²) in [4.78, 5) is 11.8. The summed E-state index contributed by atoms with van der Waals surface area (Å²) in [5, 5.41) is 8.53. The number of rotatable bonds is 18. The van der Waals surface area contributed by atoms with Gasteiger partial charge in [0.15, 0.2) is 0 Å². The number of amides is 2. The van der Waals surface area contributed by atoms with E-state index in [1.165, 1.54) is 96.3 Å². The Labute approximate surface area is 193 Å². The van der Waals surface area contributed by atoms with Crippen LogP contribution in [0.15, 0.2) is 30.3 Å². The summed E-state index contributed by atoms with van der Waals surface area (Å²) in [6.07, 6.45) is 21.9. The fraction of sp³-hybridized carbons (Fsp3) is 0.741. The fourth-order valence-electron chi connectivity index (χ4n) is 3.57. The van der Waals surface area contributed by atoms with Crippen molar-refractivity contribution in [2.24, 2.45) is 0 Å². The van der Waals surface area contributed by atoms with E-state index in [-0.39, 0.29) is 6.03 Å². The predicted octanol–water partition coefficient (Wildman–Crippen LogP) is 7.91. The van der Waals surface area contributed by atoms with Gasteiger partial charge in [-0.2, -0.15) is 0 Å². The highest BCUT2D eigenvalue weighted by atomic mass is 16.2. The monoisotopic (exact) mass is 433 g/mol. The zero-order valence-corrected chi connectivity index (χ0v) is 20.8. The molecule has 0 aromatic heterocycles. The van der Waals surface area contributed by atoms with Crippen LogP contribution in [0.1, 0.15) is 110 Å². The molecule has 0 saturated carbocycles. The molecule has 4 heteroatoms. The van der Waals surface area contributed by atoms with Gasteiger partial charge in [0.2, 0.25) is 0 Å². The molecule has 0 aliphatic rings. The van der Waals surface area contributed by atoms with Gasteiger partial charge in [0.05, 0.1) is 0 Å². The number of hydrogen-bond donors (Lipinski definition) is 3. The van der Waals surface area contributed by atoms with Gasteiger partial charge >= 0.3 is 6.03 Å². The lowest BCUT2D eigenvalue weighted by Gasteiger charge is -2.07. The van der Waals surface area contributed by atoms with Crippen molar-refractivity contribution in [1.82, 2.24) is 10.6 Å². The second-order valence-corrected chi connectivity index (χ2v) is 8.55. The molecule has 3 N–H and O–H groups in total. The van der Waals surface area contributed by atoms with Crippen LogP contribution < -0.4 is 16.0 Å². The third kappa shape index (κ3) is 22.9. The molecule has 0 heterocycles. The number of hydrogen-bond acceptors (Lipinski definition) is 2. The number of anilines is 1. The first kappa shape index (κ1) is 29.5. The zero-order valence-electron chi connectivity index (χ0n) is 20.8. The predicted molar refractivity (Wildman–Crippen MR) is 138 cm³/mol. The molecule has 0 atom stereocenters. The third-order valence-corrected chi connectivity index (χ3v) is 5.35. The molecule has 4 nitrogen and oxygen atoms in total. The molecule has 0 aliphatic carbocycles. The summed E-state index contributed by atoms with van der Waals surface area (Å²) in [5.41, 5.74) is 0.840. The maximum atomic E-state index is 11.8. The Morgan fingerprint density at radius 2 is 1.03 bits per heavy atom. The number of carbonyl (C=O) groups excluding carboxylic acids is 1. The fourth-order valence-corrected chi connectivity index (χ4v) is 3.57. The molecule has 1 rings (SSSR count). The Morgan fingerprint density at radius 3 is 1.45 bits per heavy atom. The Hall–Kier alpha value is -1.55. The molecule has 0 aliphatic heterocycles. The van der Waals surface area contributed by atoms with Crippen molar-refractivity contribution in [2.45, 2.75) is 110 Å². The smallest absolute Gasteiger partial charge is 0.319 e. The molecule has 1 aromatic carbocycles. The standard InChI is InChI=1S/C25H44N2O.C2H7N/c1-2-3-4-5-6-7-8-9-10-11-12-13-14-15-16-20-23-26-25(28)27-24-21-18-17-19-22-24;1-3-2/h17-19,21-22H,2-16,20,23H2,1H3,(H2,26,27,28);3H,1-2H3. The van der Waals surface area contributed by atoms with Gasteiger partial charge in [0.25, 0.3) is 0 Å². The van der Waals surface area contributed by atoms with Crippen LogP contribution in [0.3, 0.4) is 0 Å². The van der Waals surface area contributed by atoms with Crippen LogP contribution in [0.5, 0.6) is 0 Å². The Morgan fingerprint density at radius 1 is 0.645 bits per heavy atom. The minimum Gasteiger partial charge on any atom is -0.338 e. The quantitative estimate of drug-likeness (QED) is 0.206. The van der Waals surface area contributed by atoms with Gasteiger partial charge < -0.3 is 16.0 Å². The van der Waals surface area contributed by atoms with Crippen LogP contribution in [0.2, 0.25) is 0 Å². The number of para-hydroxylation sites is 1. The lowest BCUT2D eigenvalue weighted by molar-refractivity contribution is 0.252. The van der Waals surface area contributed by atoms with Crippen molar-refractivity contribution in [3.05, 3.63) is 30.3 Å². The number of nitrogens with one attached hydrogen (secondary N) is 3. The van der Waals surface area contributed by atoms with Crippen LogP contribution in [-0.4, -0.2) is 26.7 Å². The van der Waals surface area contributed by atoms with E-state index in [1.54, 1.807) is 0 Å². The summed E-state index contributed by atoms with van der Waals surface area (Å²) < 4.78 is 0. The minimum atomic E-state index is -0.104. The van der Waals surface area contributed by atoms with Gasteiger partial charge in [-0.15, -0.1) is 0 Å². The zero-order chi connectivity index (χ0) is 22.8. The van der Waals surface area contributed by atoms with Crippen molar-refractivity contribution in [2.75, 3.05) is 26.0 Å². The molecular weight excluding hydrogens is 382 g/mol. The molecule has 180 valence electrons. The topological polar surface area (TPSA) is 53.2 Å². The first-order valence-electron chi connectivity index (χ1n) is 12.9. The maximum Gasteiger partial charge on any atom is 0.319 e. The normalized spacial score (nSPS) is 10.3. The van der Waals surface area contributed by atoms with Gasteiger partial charge in [-0.1, -0.05) is 121 Å². The van der Waals surface area contributed by atoms with E-state index < -0.39 is 0 Å². The van der Waals surface area contributed by atoms with Crippen molar-refractivity contribution in [1.29, 1.82) is 0 Å². The Bertz CT molecular complexity index is 479. The highest BCUT2D eigenvalue weighted by molar-refractivity contribution is 5.89. The molecule has 0 unspecified atom stereocenters. The molecule has 0 radical (unpaired) electrons. The van der Waals surface area contributed by atoms with Gasteiger partial charge in [0, 0.05) is 12.2 Å². The third-order valence-electron chi connectivity index (χ3n) is 5.35. The molecule has 0 bridgehead atoms. The molecule has 0 saturated heterocycles. The van der Waals surface area contributed by atoms with E-state index in [2.05, 4.69) is 22.9 Å². The van der Waals surface area contributed by atoms with Gasteiger partial charge in [0.1, 0.15) is 0 Å². The van der Waals surface area contributed by atoms with Gasteiger partial charge in [-0.25, -0.2) is 4.79 Å². The highest BCUT2D eigenvalue weighted by Gasteiger charge is 2.00. The summed E-state index contributed by atoms with van der Waals surface area (Å²) in [7, 11) is 3.75. The van der Waals surface area contributed by atoms with Crippen LogP contribution in [0, 0.1) is 0 Å². The van der Waals surface area contributed by atoms with Crippen LogP contribution >= 0.6 is 0 Å². The highest BCUT2D eigenvalue weighted by Crippen LogP contribution is 2.13. The average Bonchev–Trinajstić information content (AvgIpc) is 2.77. The lowest BCUT2D eigenvalue weighted by Crippen LogP contribution is -2.29. The minimum absolute atomic E-state index is 0.104. The van der Waals surface area contributed by atoms with Gasteiger partial charge in [-0.05, 0) is 32.6 Å². The summed E-state index contributed by atoms with van der Waals surface area (Å²) in [6, 6.07) is 9.48. The molecule has 0 fully saturated rings. The molecule has 1 aromatic rings. The second-order valence-electron chi connectivity index (χ2n) is 8.55. The van der Waals surface area contributed by atoms with E-state index in [0.717, 1.165) is 18.7 Å².